The number of likely N-dealkylation sites (N-methyl/N-ethyl adjacent to an activating group) is 1. The summed E-state index contributed by atoms with van der Waals surface area (Å²) in [6.45, 7) is 0. The van der Waals surface area contributed by atoms with E-state index in [0.29, 0.717) is 10.0 Å². The molecule has 2 aromatic rings. The molecule has 19 heavy (non-hydrogen) atoms. The van der Waals surface area contributed by atoms with Crippen LogP contribution in [0, 0.1) is 0 Å². The smallest absolute Gasteiger partial charge is 0.107 e. The zero-order chi connectivity index (χ0) is 14.0. The Bertz CT molecular complexity index is 566. The van der Waals surface area contributed by atoms with Crippen molar-refractivity contribution in [2.45, 2.75) is 12.5 Å². The Morgan fingerprint density at radius 1 is 1.21 bits per heavy atom. The van der Waals surface area contributed by atoms with Crippen LogP contribution in [0.3, 0.4) is 0 Å². The molecule has 1 aromatic carbocycles. The molecule has 2 rings (SSSR count). The lowest BCUT2D eigenvalue weighted by atomic mass is 10.0. The molecule has 1 heterocycles. The van der Waals surface area contributed by atoms with Gasteiger partial charge in [0.05, 0.1) is 10.0 Å². The van der Waals surface area contributed by atoms with Crippen LogP contribution in [-0.2, 0) is 6.42 Å². The highest BCUT2D eigenvalue weighted by molar-refractivity contribution is 9.10. The molecular formula is C13H11BrCl3NS. The highest BCUT2D eigenvalue weighted by Gasteiger charge is 2.15. The van der Waals surface area contributed by atoms with E-state index < -0.39 is 0 Å². The Labute approximate surface area is 140 Å². The molecule has 1 nitrogen and oxygen atoms in total. The van der Waals surface area contributed by atoms with Crippen molar-refractivity contribution in [2.24, 2.45) is 0 Å². The Morgan fingerprint density at radius 2 is 1.95 bits per heavy atom. The maximum Gasteiger partial charge on any atom is 0.107 e. The van der Waals surface area contributed by atoms with Gasteiger partial charge < -0.3 is 5.32 Å². The van der Waals surface area contributed by atoms with Crippen LogP contribution in [0.2, 0.25) is 14.4 Å². The molecule has 0 radical (unpaired) electrons. The number of hydrogen-bond acceptors (Lipinski definition) is 2. The lowest BCUT2D eigenvalue weighted by molar-refractivity contribution is 0.602. The predicted octanol–water partition coefficient (Wildman–Crippen LogP) is 5.97. The van der Waals surface area contributed by atoms with Crippen molar-refractivity contribution in [2.75, 3.05) is 7.05 Å². The largest absolute Gasteiger partial charge is 0.312 e. The fourth-order valence-corrected chi connectivity index (χ4v) is 3.95. The zero-order valence-electron chi connectivity index (χ0n) is 10.0. The molecule has 0 aliphatic rings. The van der Waals surface area contributed by atoms with Crippen LogP contribution >= 0.6 is 62.1 Å². The average molecular weight is 400 g/mol. The van der Waals surface area contributed by atoms with E-state index in [0.717, 1.165) is 20.8 Å². The number of rotatable bonds is 4. The summed E-state index contributed by atoms with van der Waals surface area (Å²) < 4.78 is 1.70. The van der Waals surface area contributed by atoms with Crippen LogP contribution in [0.5, 0.6) is 0 Å². The third-order valence-electron chi connectivity index (χ3n) is 2.78. The van der Waals surface area contributed by atoms with Crippen molar-refractivity contribution >= 4 is 62.1 Å². The van der Waals surface area contributed by atoms with Crippen LogP contribution < -0.4 is 5.32 Å². The van der Waals surface area contributed by atoms with Gasteiger partial charge in [0.15, 0.2) is 0 Å². The number of thiophene rings is 1. The normalized spacial score (nSPS) is 12.7. The van der Waals surface area contributed by atoms with Gasteiger partial charge in [-0.2, -0.15) is 0 Å². The summed E-state index contributed by atoms with van der Waals surface area (Å²) in [5.41, 5.74) is 1.13. The molecule has 0 amide bonds. The topological polar surface area (TPSA) is 12.0 Å². The second kappa shape index (κ2) is 6.79. The summed E-state index contributed by atoms with van der Waals surface area (Å²) >= 11 is 23.0. The Morgan fingerprint density at radius 3 is 2.47 bits per heavy atom. The van der Waals surface area contributed by atoms with Gasteiger partial charge in [-0.3, -0.25) is 0 Å². The molecule has 0 aliphatic carbocycles. The molecule has 0 fully saturated rings. The second-order valence-electron chi connectivity index (χ2n) is 4.06. The molecule has 6 heteroatoms. The zero-order valence-corrected chi connectivity index (χ0v) is 14.7. The van der Waals surface area contributed by atoms with E-state index in [1.807, 2.05) is 31.3 Å². The molecule has 0 spiro atoms. The fraction of sp³-hybridized carbons (Fsp3) is 0.231. The quantitative estimate of drug-likeness (QED) is 0.667. The predicted molar refractivity (Wildman–Crippen MR) is 89.0 cm³/mol. The SMILES string of the molecule is CNC(Cc1ccc(Cl)c(Cl)c1)c1cc(Br)c(Cl)s1. The number of hydrogen-bond donors (Lipinski definition) is 1. The lowest BCUT2D eigenvalue weighted by Crippen LogP contribution is -2.17. The number of nitrogens with one attached hydrogen (secondary N) is 1. The first-order valence-electron chi connectivity index (χ1n) is 5.57. The van der Waals surface area contributed by atoms with E-state index in [4.69, 9.17) is 34.8 Å². The minimum atomic E-state index is 0.200. The van der Waals surface area contributed by atoms with Crippen LogP contribution in [0.4, 0.5) is 0 Å². The summed E-state index contributed by atoms with van der Waals surface area (Å²) in [6.07, 6.45) is 0.830. The van der Waals surface area contributed by atoms with Crippen LogP contribution in [0.25, 0.3) is 0 Å². The minimum Gasteiger partial charge on any atom is -0.312 e. The maximum absolute atomic E-state index is 6.08. The van der Waals surface area contributed by atoms with Crippen LogP contribution in [0.1, 0.15) is 16.5 Å². The fourth-order valence-electron chi connectivity index (χ4n) is 1.78. The van der Waals surface area contributed by atoms with Gasteiger partial charge in [-0.25, -0.2) is 0 Å². The van der Waals surface area contributed by atoms with E-state index in [1.165, 1.54) is 4.88 Å². The highest BCUT2D eigenvalue weighted by Crippen LogP contribution is 2.36. The first-order valence-corrected chi connectivity index (χ1v) is 8.31. The summed E-state index contributed by atoms with van der Waals surface area (Å²) in [5, 5.41) is 4.46. The first kappa shape index (κ1) is 15.6. The number of halogens is 4. The Kier molecular flexibility index (Phi) is 5.58. The molecule has 0 saturated carbocycles. The molecule has 0 saturated heterocycles. The third-order valence-corrected chi connectivity index (χ3v) is 6.11. The summed E-state index contributed by atoms with van der Waals surface area (Å²) in [5.74, 6) is 0. The Balaban J connectivity index is 2.21. The number of benzene rings is 1. The van der Waals surface area contributed by atoms with Crippen molar-refractivity contribution < 1.29 is 0 Å². The average Bonchev–Trinajstić information content (AvgIpc) is 2.71. The van der Waals surface area contributed by atoms with E-state index in [-0.39, 0.29) is 6.04 Å². The maximum atomic E-state index is 6.08. The molecule has 1 atom stereocenters. The van der Waals surface area contributed by atoms with Crippen molar-refractivity contribution in [3.05, 3.63) is 53.6 Å². The first-order chi connectivity index (χ1) is 9.01. The van der Waals surface area contributed by atoms with Gasteiger partial charge in [0, 0.05) is 15.4 Å². The van der Waals surface area contributed by atoms with Crippen molar-refractivity contribution in [1.29, 1.82) is 0 Å². The van der Waals surface area contributed by atoms with Crippen LogP contribution in [-0.4, -0.2) is 7.05 Å². The standard InChI is InChI=1S/C13H11BrCl3NS/c1-18-11(12-6-8(14)13(17)19-12)5-7-2-3-9(15)10(16)4-7/h2-4,6,11,18H,5H2,1H3. The molecule has 0 bridgehead atoms. The van der Waals surface area contributed by atoms with Gasteiger partial charge in [0.25, 0.3) is 0 Å². The molecule has 102 valence electrons. The summed E-state index contributed by atoms with van der Waals surface area (Å²) in [7, 11) is 1.93. The van der Waals surface area contributed by atoms with E-state index in [2.05, 4.69) is 21.2 Å². The summed E-state index contributed by atoms with van der Waals surface area (Å²) in [6, 6.07) is 7.96. The minimum absolute atomic E-state index is 0.200. The third kappa shape index (κ3) is 3.87. The molecule has 1 N–H and O–H groups in total. The van der Waals surface area contributed by atoms with Crippen molar-refractivity contribution in [3.8, 4) is 0 Å². The van der Waals surface area contributed by atoms with E-state index >= 15 is 0 Å². The van der Waals surface area contributed by atoms with Gasteiger partial charge in [0.1, 0.15) is 4.34 Å². The molecular weight excluding hydrogens is 388 g/mol. The van der Waals surface area contributed by atoms with Gasteiger partial charge in [-0.1, -0.05) is 40.9 Å². The van der Waals surface area contributed by atoms with Gasteiger partial charge >= 0.3 is 0 Å². The van der Waals surface area contributed by atoms with E-state index in [1.54, 1.807) is 11.3 Å². The molecule has 1 aromatic heterocycles. The van der Waals surface area contributed by atoms with E-state index in [9.17, 15) is 0 Å². The second-order valence-corrected chi connectivity index (χ2v) is 7.42. The molecule has 0 aliphatic heterocycles. The highest BCUT2D eigenvalue weighted by atomic mass is 79.9. The van der Waals surface area contributed by atoms with Crippen molar-refractivity contribution in [1.82, 2.24) is 5.32 Å². The van der Waals surface area contributed by atoms with Gasteiger partial charge in [-0.15, -0.1) is 11.3 Å². The Hall–Kier alpha value is 0.230. The van der Waals surface area contributed by atoms with Crippen molar-refractivity contribution in [3.63, 3.8) is 0 Å². The summed E-state index contributed by atoms with van der Waals surface area (Å²) in [4.78, 5) is 1.19. The molecule has 1 unspecified atom stereocenters. The van der Waals surface area contributed by atoms with Gasteiger partial charge in [-0.05, 0) is 53.2 Å². The monoisotopic (exact) mass is 397 g/mol. The lowest BCUT2D eigenvalue weighted by Gasteiger charge is -2.14. The van der Waals surface area contributed by atoms with Crippen LogP contribution in [0.15, 0.2) is 28.7 Å². The van der Waals surface area contributed by atoms with Gasteiger partial charge in [0.2, 0.25) is 0 Å².